The molecule has 0 heterocycles. The molecule has 0 aliphatic heterocycles. The molecule has 3 amide bonds. The molecule has 0 spiro atoms. The van der Waals surface area contributed by atoms with Crippen molar-refractivity contribution in [1.82, 2.24) is 10.9 Å². The van der Waals surface area contributed by atoms with Crippen LogP contribution in [0.2, 0.25) is 0 Å². The van der Waals surface area contributed by atoms with Crippen molar-refractivity contribution >= 4 is 11.9 Å². The molecule has 0 aromatic carbocycles. The van der Waals surface area contributed by atoms with Crippen LogP contribution in [0.1, 0.15) is 0 Å². The highest BCUT2D eigenvalue weighted by atomic mass is 16.2. The smallest absolute Gasteiger partial charge is 0.330 e. The molecule has 0 unspecified atom stereocenters. The fraction of sp³-hybridized carbons (Fsp3) is 0.333. The van der Waals surface area contributed by atoms with Gasteiger partial charge in [0.15, 0.2) is 0 Å². The number of hydrogen-bond acceptors (Lipinski definition) is 3. The fourth-order valence-electron chi connectivity index (χ4n) is 0.182. The van der Waals surface area contributed by atoms with Crippen molar-refractivity contribution in [3.63, 3.8) is 0 Å². The van der Waals surface area contributed by atoms with Gasteiger partial charge in [-0.1, -0.05) is 0 Å². The Labute approximate surface area is 51.5 Å². The Morgan fingerprint density at radius 1 is 1.33 bits per heavy atom. The lowest BCUT2D eigenvalue weighted by molar-refractivity contribution is -0.120. The fourth-order valence-corrected chi connectivity index (χ4v) is 0.182. The second kappa shape index (κ2) is 3.67. The maximum Gasteiger partial charge on any atom is 0.330 e. The zero-order valence-electron chi connectivity index (χ0n) is 4.68. The van der Waals surface area contributed by atoms with E-state index in [1.807, 2.05) is 10.9 Å². The summed E-state index contributed by atoms with van der Waals surface area (Å²) in [6.07, 6.45) is 0. The van der Waals surface area contributed by atoms with Crippen molar-refractivity contribution in [1.29, 1.82) is 0 Å². The van der Waals surface area contributed by atoms with E-state index in [0.717, 1.165) is 0 Å². The number of carbonyl (C=O) groups is 2. The summed E-state index contributed by atoms with van der Waals surface area (Å²) in [5, 5.41) is 0. The van der Waals surface area contributed by atoms with Gasteiger partial charge in [0.1, 0.15) is 0 Å². The average Bonchev–Trinajstić information content (AvgIpc) is 1.83. The second-order valence-corrected chi connectivity index (χ2v) is 1.24. The Hall–Kier alpha value is -1.30. The van der Waals surface area contributed by atoms with Crippen LogP contribution >= 0.6 is 0 Å². The van der Waals surface area contributed by atoms with E-state index in [0.29, 0.717) is 0 Å². The van der Waals surface area contributed by atoms with Gasteiger partial charge in [0.2, 0.25) is 0 Å². The molecule has 0 saturated carbocycles. The van der Waals surface area contributed by atoms with Crippen LogP contribution in [-0.4, -0.2) is 18.5 Å². The first-order valence-corrected chi connectivity index (χ1v) is 2.21. The molecular weight excluding hydrogens is 124 g/mol. The van der Waals surface area contributed by atoms with Gasteiger partial charge in [-0.2, -0.15) is 0 Å². The van der Waals surface area contributed by atoms with Gasteiger partial charge in [-0.05, 0) is 0 Å². The molecule has 6 N–H and O–H groups in total. The standard InChI is InChI=1S/C3H8N4O2/c4-1-2(8)6-7-3(5)9/h1,4H2,(H,6,8)(H3,5,7,9). The van der Waals surface area contributed by atoms with Crippen molar-refractivity contribution in [2.75, 3.05) is 6.54 Å². The highest BCUT2D eigenvalue weighted by Gasteiger charge is 1.94. The van der Waals surface area contributed by atoms with Gasteiger partial charge in [-0.15, -0.1) is 0 Å². The molecule has 0 aromatic heterocycles. The van der Waals surface area contributed by atoms with E-state index in [9.17, 15) is 9.59 Å². The molecular formula is C3H8N4O2. The molecule has 6 heteroatoms. The van der Waals surface area contributed by atoms with Gasteiger partial charge in [0, 0.05) is 0 Å². The minimum Gasteiger partial charge on any atom is -0.350 e. The van der Waals surface area contributed by atoms with E-state index in [4.69, 9.17) is 5.73 Å². The molecule has 0 saturated heterocycles. The zero-order valence-corrected chi connectivity index (χ0v) is 4.68. The SMILES string of the molecule is NCC(=O)NNC(N)=O. The summed E-state index contributed by atoms with van der Waals surface area (Å²) in [7, 11) is 0. The van der Waals surface area contributed by atoms with E-state index in [-0.39, 0.29) is 6.54 Å². The van der Waals surface area contributed by atoms with Crippen LogP contribution in [0, 0.1) is 0 Å². The van der Waals surface area contributed by atoms with Crippen molar-refractivity contribution in [3.05, 3.63) is 0 Å². The highest BCUT2D eigenvalue weighted by molar-refractivity contribution is 5.81. The van der Waals surface area contributed by atoms with Crippen LogP contribution in [0.25, 0.3) is 0 Å². The molecule has 6 nitrogen and oxygen atoms in total. The number of hydrogen-bond donors (Lipinski definition) is 4. The first-order valence-electron chi connectivity index (χ1n) is 2.21. The minimum atomic E-state index is -0.822. The molecule has 0 aromatic rings. The first-order chi connectivity index (χ1) is 4.16. The summed E-state index contributed by atoms with van der Waals surface area (Å²) in [4.78, 5) is 20.1. The highest BCUT2D eigenvalue weighted by Crippen LogP contribution is 1.52. The van der Waals surface area contributed by atoms with Crippen molar-refractivity contribution < 1.29 is 9.59 Å². The number of carbonyl (C=O) groups excluding carboxylic acids is 2. The van der Waals surface area contributed by atoms with E-state index in [2.05, 4.69) is 5.73 Å². The van der Waals surface area contributed by atoms with Gasteiger partial charge in [-0.3, -0.25) is 10.2 Å². The van der Waals surface area contributed by atoms with E-state index in [1.165, 1.54) is 0 Å². The van der Waals surface area contributed by atoms with Crippen molar-refractivity contribution in [3.8, 4) is 0 Å². The molecule has 9 heavy (non-hydrogen) atoms. The Morgan fingerprint density at radius 3 is 2.22 bits per heavy atom. The lowest BCUT2D eigenvalue weighted by atomic mass is 10.6. The normalized spacial score (nSPS) is 8.11. The zero-order chi connectivity index (χ0) is 7.28. The van der Waals surface area contributed by atoms with Crippen molar-refractivity contribution in [2.45, 2.75) is 0 Å². The maximum absolute atomic E-state index is 10.2. The van der Waals surface area contributed by atoms with Crippen LogP contribution in [0.4, 0.5) is 4.79 Å². The average molecular weight is 132 g/mol. The van der Waals surface area contributed by atoms with Crippen molar-refractivity contribution in [2.24, 2.45) is 11.5 Å². The molecule has 0 bridgehead atoms. The van der Waals surface area contributed by atoms with E-state index < -0.39 is 11.9 Å². The topological polar surface area (TPSA) is 110 Å². The number of rotatable bonds is 1. The van der Waals surface area contributed by atoms with E-state index in [1.54, 1.807) is 0 Å². The van der Waals surface area contributed by atoms with Gasteiger partial charge >= 0.3 is 6.03 Å². The Morgan fingerprint density at radius 2 is 1.89 bits per heavy atom. The summed E-state index contributed by atoms with van der Waals surface area (Å²) >= 11 is 0. The lowest BCUT2D eigenvalue weighted by Gasteiger charge is -2.00. The third-order valence-corrected chi connectivity index (χ3v) is 0.511. The van der Waals surface area contributed by atoms with E-state index >= 15 is 0 Å². The largest absolute Gasteiger partial charge is 0.350 e. The van der Waals surface area contributed by atoms with Crippen LogP contribution in [0.5, 0.6) is 0 Å². The molecule has 52 valence electrons. The molecule has 0 aliphatic rings. The molecule has 0 fully saturated rings. The molecule has 0 radical (unpaired) electrons. The molecule has 0 atom stereocenters. The lowest BCUT2D eigenvalue weighted by Crippen LogP contribution is -2.46. The third kappa shape index (κ3) is 4.56. The van der Waals surface area contributed by atoms with Crippen LogP contribution in [0.15, 0.2) is 0 Å². The second-order valence-electron chi connectivity index (χ2n) is 1.24. The number of primary amides is 1. The van der Waals surface area contributed by atoms with Crippen LogP contribution < -0.4 is 22.3 Å². The molecule has 0 rings (SSSR count). The Balaban J connectivity index is 3.28. The van der Waals surface area contributed by atoms with Gasteiger partial charge < -0.3 is 11.5 Å². The number of amides is 3. The Bertz CT molecular complexity index is 123. The Kier molecular flexibility index (Phi) is 3.14. The third-order valence-electron chi connectivity index (χ3n) is 0.511. The monoisotopic (exact) mass is 132 g/mol. The van der Waals surface area contributed by atoms with Crippen LogP contribution in [0.3, 0.4) is 0 Å². The summed E-state index contributed by atoms with van der Waals surface area (Å²) < 4.78 is 0. The molecule has 0 aliphatic carbocycles. The van der Waals surface area contributed by atoms with Crippen LogP contribution in [-0.2, 0) is 4.79 Å². The summed E-state index contributed by atoms with van der Waals surface area (Å²) in [5.41, 5.74) is 13.2. The van der Waals surface area contributed by atoms with Gasteiger partial charge in [-0.25, -0.2) is 10.2 Å². The number of nitrogens with two attached hydrogens (primary N) is 2. The first kappa shape index (κ1) is 7.70. The predicted molar refractivity (Wildman–Crippen MR) is 29.9 cm³/mol. The van der Waals surface area contributed by atoms with Gasteiger partial charge in [0.05, 0.1) is 6.54 Å². The quantitative estimate of drug-likeness (QED) is 0.299. The number of urea groups is 1. The van der Waals surface area contributed by atoms with Gasteiger partial charge in [0.25, 0.3) is 5.91 Å². The summed E-state index contributed by atoms with van der Waals surface area (Å²) in [5.74, 6) is -0.492. The number of nitrogens with one attached hydrogen (secondary N) is 2. The predicted octanol–water partition coefficient (Wildman–Crippen LogP) is -2.36. The summed E-state index contributed by atoms with van der Waals surface area (Å²) in [6.45, 7) is -0.180. The summed E-state index contributed by atoms with van der Waals surface area (Å²) in [6, 6.07) is -0.822. The minimum absolute atomic E-state index is 0.180. The maximum atomic E-state index is 10.2. The number of hydrazine groups is 1.